The quantitative estimate of drug-likeness (QED) is 0.479. The van der Waals surface area contributed by atoms with Gasteiger partial charge < -0.3 is 9.84 Å². The van der Waals surface area contributed by atoms with Gasteiger partial charge in [0.2, 0.25) is 0 Å². The van der Waals surface area contributed by atoms with E-state index in [1.54, 1.807) is 18.2 Å². The highest BCUT2D eigenvalue weighted by Gasteiger charge is 2.10. The first-order valence-corrected chi connectivity index (χ1v) is 8.86. The molecule has 0 spiro atoms. The third kappa shape index (κ3) is 3.86. The lowest BCUT2D eigenvalue weighted by atomic mass is 10.0. The highest BCUT2D eigenvalue weighted by Crippen LogP contribution is 2.35. The maximum Gasteiger partial charge on any atom is 0.271 e. The van der Waals surface area contributed by atoms with Crippen LogP contribution in [-0.2, 0) is 0 Å². The summed E-state index contributed by atoms with van der Waals surface area (Å²) >= 11 is 3.27. The maximum absolute atomic E-state index is 12.4. The molecular weight excluding hydrogens is 396 g/mol. The van der Waals surface area contributed by atoms with Crippen molar-refractivity contribution < 1.29 is 14.6 Å². The Balaban J connectivity index is 1.79. The molecule has 0 radical (unpaired) electrons. The lowest BCUT2D eigenvalue weighted by molar-refractivity contribution is 0.0957. The molecular formula is C20H17BrN2O3. The lowest BCUT2D eigenvalue weighted by Gasteiger charge is -2.08. The van der Waals surface area contributed by atoms with Crippen LogP contribution in [0.1, 0.15) is 22.8 Å². The van der Waals surface area contributed by atoms with Crippen LogP contribution in [0, 0.1) is 0 Å². The van der Waals surface area contributed by atoms with Gasteiger partial charge in [-0.1, -0.05) is 36.4 Å². The largest absolute Gasteiger partial charge is 0.503 e. The number of carbonyl (C=O) groups excluding carboxylic acids is 1. The average Bonchev–Trinajstić information content (AvgIpc) is 2.65. The molecule has 2 N–H and O–H groups in total. The molecule has 0 aliphatic rings. The molecule has 0 aliphatic heterocycles. The summed E-state index contributed by atoms with van der Waals surface area (Å²) in [4.78, 5) is 12.4. The van der Waals surface area contributed by atoms with Gasteiger partial charge in [-0.2, -0.15) is 5.10 Å². The summed E-state index contributed by atoms with van der Waals surface area (Å²) in [6, 6.07) is 16.6. The first kappa shape index (κ1) is 17.9. The van der Waals surface area contributed by atoms with Crippen molar-refractivity contribution in [3.63, 3.8) is 0 Å². The molecule has 3 aromatic carbocycles. The van der Waals surface area contributed by atoms with Crippen molar-refractivity contribution in [1.82, 2.24) is 5.43 Å². The Morgan fingerprint density at radius 3 is 2.81 bits per heavy atom. The number of carbonyl (C=O) groups is 1. The summed E-state index contributed by atoms with van der Waals surface area (Å²) < 4.78 is 5.87. The second-order valence-corrected chi connectivity index (χ2v) is 6.36. The van der Waals surface area contributed by atoms with Crippen molar-refractivity contribution in [2.75, 3.05) is 6.61 Å². The number of nitrogens with one attached hydrogen (secondary N) is 1. The molecule has 5 nitrogen and oxygen atoms in total. The Morgan fingerprint density at radius 1 is 1.23 bits per heavy atom. The Bertz CT molecular complexity index is 981. The van der Waals surface area contributed by atoms with Crippen LogP contribution >= 0.6 is 15.9 Å². The van der Waals surface area contributed by atoms with E-state index < -0.39 is 0 Å². The number of halogens is 1. The van der Waals surface area contributed by atoms with Gasteiger partial charge >= 0.3 is 0 Å². The Kier molecular flexibility index (Phi) is 5.53. The molecule has 0 atom stereocenters. The van der Waals surface area contributed by atoms with Gasteiger partial charge in [0.15, 0.2) is 11.5 Å². The number of phenols is 1. The molecule has 3 rings (SSSR count). The van der Waals surface area contributed by atoms with Crippen LogP contribution in [0.15, 0.2) is 64.2 Å². The number of amides is 1. The minimum absolute atomic E-state index is 0.0313. The van der Waals surface area contributed by atoms with E-state index in [1.807, 2.05) is 43.3 Å². The molecule has 6 heteroatoms. The van der Waals surface area contributed by atoms with Gasteiger partial charge in [0.1, 0.15) is 0 Å². The lowest BCUT2D eigenvalue weighted by Crippen LogP contribution is -2.17. The molecule has 0 aliphatic carbocycles. The number of phenolic OH excluding ortho intramolecular Hbond substituents is 1. The van der Waals surface area contributed by atoms with Crippen LogP contribution in [0.25, 0.3) is 10.8 Å². The van der Waals surface area contributed by atoms with E-state index in [0.717, 1.165) is 10.8 Å². The van der Waals surface area contributed by atoms with E-state index >= 15 is 0 Å². The number of fused-ring (bicyclic) bond motifs is 1. The summed E-state index contributed by atoms with van der Waals surface area (Å²) in [5, 5.41) is 15.8. The van der Waals surface area contributed by atoms with Crippen molar-refractivity contribution in [2.45, 2.75) is 6.92 Å². The topological polar surface area (TPSA) is 70.9 Å². The zero-order chi connectivity index (χ0) is 18.5. The summed E-state index contributed by atoms with van der Waals surface area (Å²) in [5.41, 5.74) is 3.77. The van der Waals surface area contributed by atoms with E-state index in [0.29, 0.717) is 28.0 Å². The zero-order valence-corrected chi connectivity index (χ0v) is 15.7. The summed E-state index contributed by atoms with van der Waals surface area (Å²) in [7, 11) is 0. The summed E-state index contributed by atoms with van der Waals surface area (Å²) in [5.74, 6) is 0.0911. The predicted octanol–water partition coefficient (Wildman–Crippen LogP) is 4.47. The van der Waals surface area contributed by atoms with Crippen molar-refractivity contribution in [1.29, 1.82) is 0 Å². The number of nitrogens with zero attached hydrogens (tertiary/aromatic N) is 1. The number of rotatable bonds is 5. The van der Waals surface area contributed by atoms with Gasteiger partial charge in [0.05, 0.1) is 17.3 Å². The SMILES string of the molecule is CCOc1cc(/C=N\NC(=O)c2cccc3ccccc23)cc(Br)c1O. The zero-order valence-electron chi connectivity index (χ0n) is 14.1. The van der Waals surface area contributed by atoms with Gasteiger partial charge in [-0.25, -0.2) is 5.43 Å². The molecule has 0 unspecified atom stereocenters. The van der Waals surface area contributed by atoms with Crippen molar-refractivity contribution in [3.05, 3.63) is 70.2 Å². The molecule has 0 aromatic heterocycles. The molecule has 132 valence electrons. The monoisotopic (exact) mass is 412 g/mol. The van der Waals surface area contributed by atoms with Gasteiger partial charge in [0, 0.05) is 5.56 Å². The second kappa shape index (κ2) is 8.01. The van der Waals surface area contributed by atoms with Crippen LogP contribution in [0.4, 0.5) is 0 Å². The normalized spacial score (nSPS) is 11.0. The number of aromatic hydroxyl groups is 1. The van der Waals surface area contributed by atoms with Crippen LogP contribution in [-0.4, -0.2) is 23.8 Å². The van der Waals surface area contributed by atoms with E-state index in [9.17, 15) is 9.90 Å². The number of ether oxygens (including phenoxy) is 1. The summed E-state index contributed by atoms with van der Waals surface area (Å²) in [6.45, 7) is 2.26. The molecule has 0 heterocycles. The number of benzene rings is 3. The van der Waals surface area contributed by atoms with Crippen molar-refractivity contribution in [2.24, 2.45) is 5.10 Å². The second-order valence-electron chi connectivity index (χ2n) is 5.51. The Hall–Kier alpha value is -2.86. The van der Waals surface area contributed by atoms with Gasteiger partial charge in [-0.05, 0) is 57.4 Å². The molecule has 0 saturated carbocycles. The van der Waals surface area contributed by atoms with Crippen molar-refractivity contribution >= 4 is 38.8 Å². The third-order valence-electron chi connectivity index (χ3n) is 3.76. The standard InChI is InChI=1S/C20H17BrN2O3/c1-2-26-18-11-13(10-17(21)19(18)24)12-22-23-20(25)16-9-5-7-14-6-3-4-8-15(14)16/h3-12,24H,2H2,1H3,(H,23,25)/b22-12-. The number of hydrogen-bond donors (Lipinski definition) is 2. The Labute approximate surface area is 159 Å². The highest BCUT2D eigenvalue weighted by atomic mass is 79.9. The number of hydrazone groups is 1. The van der Waals surface area contributed by atoms with Gasteiger partial charge in [0.25, 0.3) is 5.91 Å². The fourth-order valence-corrected chi connectivity index (χ4v) is 3.04. The molecule has 3 aromatic rings. The fourth-order valence-electron chi connectivity index (χ4n) is 2.58. The average molecular weight is 413 g/mol. The Morgan fingerprint density at radius 2 is 2.00 bits per heavy atom. The van der Waals surface area contributed by atoms with Crippen LogP contribution in [0.2, 0.25) is 0 Å². The fraction of sp³-hybridized carbons (Fsp3) is 0.100. The molecule has 1 amide bonds. The van der Waals surface area contributed by atoms with Gasteiger partial charge in [-0.15, -0.1) is 0 Å². The smallest absolute Gasteiger partial charge is 0.271 e. The van der Waals surface area contributed by atoms with Crippen LogP contribution in [0.3, 0.4) is 0 Å². The summed E-state index contributed by atoms with van der Waals surface area (Å²) in [6.07, 6.45) is 1.50. The minimum Gasteiger partial charge on any atom is -0.503 e. The van der Waals surface area contributed by atoms with E-state index in [1.165, 1.54) is 6.21 Å². The first-order valence-electron chi connectivity index (χ1n) is 8.06. The minimum atomic E-state index is -0.291. The van der Waals surface area contributed by atoms with Gasteiger partial charge in [-0.3, -0.25) is 4.79 Å². The maximum atomic E-state index is 12.4. The molecule has 0 fully saturated rings. The molecule has 26 heavy (non-hydrogen) atoms. The highest BCUT2D eigenvalue weighted by molar-refractivity contribution is 9.10. The molecule has 0 bridgehead atoms. The van der Waals surface area contributed by atoms with Crippen LogP contribution < -0.4 is 10.2 Å². The molecule has 0 saturated heterocycles. The van der Waals surface area contributed by atoms with E-state index in [4.69, 9.17) is 4.74 Å². The predicted molar refractivity (Wildman–Crippen MR) is 106 cm³/mol. The van der Waals surface area contributed by atoms with E-state index in [-0.39, 0.29) is 11.7 Å². The van der Waals surface area contributed by atoms with E-state index in [2.05, 4.69) is 26.5 Å². The third-order valence-corrected chi connectivity index (χ3v) is 4.37. The van der Waals surface area contributed by atoms with Crippen LogP contribution in [0.5, 0.6) is 11.5 Å². The van der Waals surface area contributed by atoms with Crippen molar-refractivity contribution in [3.8, 4) is 11.5 Å². The number of hydrogen-bond acceptors (Lipinski definition) is 4. The first-order chi connectivity index (χ1) is 12.6.